The average Bonchev–Trinajstić information content (AvgIpc) is 3.09. The quantitative estimate of drug-likeness (QED) is 0.494. The van der Waals surface area contributed by atoms with Crippen LogP contribution in [0, 0.1) is 5.82 Å². The van der Waals surface area contributed by atoms with Crippen molar-refractivity contribution in [3.05, 3.63) is 77.1 Å². The van der Waals surface area contributed by atoms with E-state index in [2.05, 4.69) is 5.16 Å². The summed E-state index contributed by atoms with van der Waals surface area (Å²) in [6.07, 6.45) is 0. The van der Waals surface area contributed by atoms with E-state index in [9.17, 15) is 14.4 Å². The molecule has 0 aliphatic carbocycles. The molecular formula is C24H19FN2O5. The van der Waals surface area contributed by atoms with Gasteiger partial charge in [-0.15, -0.1) is 0 Å². The zero-order valence-electron chi connectivity index (χ0n) is 17.2. The molecule has 3 aromatic carbocycles. The largest absolute Gasteiger partial charge is 0.497 e. The number of amides is 1. The maximum Gasteiger partial charge on any atom is 0.281 e. The number of ether oxygens (including phenoxy) is 3. The van der Waals surface area contributed by atoms with Gasteiger partial charge in [0.15, 0.2) is 12.5 Å². The van der Waals surface area contributed by atoms with Gasteiger partial charge in [-0.25, -0.2) is 4.39 Å². The normalized spacial score (nSPS) is 16.0. The van der Waals surface area contributed by atoms with Gasteiger partial charge in [-0.05, 0) is 47.5 Å². The van der Waals surface area contributed by atoms with Crippen molar-refractivity contribution < 1.29 is 28.6 Å². The number of nitrogens with zero attached hydrogens (tertiary/aromatic N) is 2. The predicted molar refractivity (Wildman–Crippen MR) is 115 cm³/mol. The molecule has 0 bridgehead atoms. The molecule has 0 atom stereocenters. The van der Waals surface area contributed by atoms with E-state index in [4.69, 9.17) is 14.2 Å². The van der Waals surface area contributed by atoms with E-state index >= 15 is 0 Å². The monoisotopic (exact) mass is 434 g/mol. The number of fused-ring (bicyclic) bond motifs is 2. The van der Waals surface area contributed by atoms with Gasteiger partial charge >= 0.3 is 0 Å². The van der Waals surface area contributed by atoms with E-state index in [1.807, 2.05) is 36.4 Å². The molecule has 3 aromatic rings. The first-order valence-corrected chi connectivity index (χ1v) is 9.93. The van der Waals surface area contributed by atoms with E-state index in [1.165, 1.54) is 17.0 Å². The van der Waals surface area contributed by atoms with E-state index in [-0.39, 0.29) is 25.7 Å². The van der Waals surface area contributed by atoms with Gasteiger partial charge in [-0.3, -0.25) is 4.79 Å². The zero-order chi connectivity index (χ0) is 22.2. The Morgan fingerprint density at radius 2 is 1.91 bits per heavy atom. The fraction of sp³-hybridized carbons (Fsp3) is 0.167. The van der Waals surface area contributed by atoms with Crippen molar-refractivity contribution in [2.75, 3.05) is 18.8 Å². The van der Waals surface area contributed by atoms with Gasteiger partial charge in [0.2, 0.25) is 0 Å². The maximum absolute atomic E-state index is 14.2. The summed E-state index contributed by atoms with van der Waals surface area (Å²) in [5.41, 5.74) is 3.91. The van der Waals surface area contributed by atoms with Crippen LogP contribution in [-0.4, -0.2) is 30.7 Å². The summed E-state index contributed by atoms with van der Waals surface area (Å²) in [6.45, 7) is 0.341. The molecule has 5 rings (SSSR count). The molecular weight excluding hydrogens is 415 g/mol. The Labute approximate surface area is 183 Å². The summed E-state index contributed by atoms with van der Waals surface area (Å²) in [5.74, 6) is 0.330. The fourth-order valence-electron chi connectivity index (χ4n) is 4.07. The van der Waals surface area contributed by atoms with Crippen molar-refractivity contribution in [2.45, 2.75) is 13.2 Å². The van der Waals surface area contributed by atoms with Crippen LogP contribution in [0.2, 0.25) is 0 Å². The molecule has 8 heteroatoms. The van der Waals surface area contributed by atoms with Gasteiger partial charge in [-0.2, -0.15) is 0 Å². The maximum atomic E-state index is 14.2. The highest BCUT2D eigenvalue weighted by Crippen LogP contribution is 2.37. The molecule has 2 aliphatic heterocycles. The summed E-state index contributed by atoms with van der Waals surface area (Å²) < 4.78 is 30.3. The first-order chi connectivity index (χ1) is 15.6. The van der Waals surface area contributed by atoms with E-state index in [1.54, 1.807) is 13.2 Å². The molecule has 1 N–H and O–H groups in total. The van der Waals surface area contributed by atoms with Crippen LogP contribution >= 0.6 is 0 Å². The van der Waals surface area contributed by atoms with Gasteiger partial charge in [-0.1, -0.05) is 23.4 Å². The Hall–Kier alpha value is -3.91. The lowest BCUT2D eigenvalue weighted by Crippen LogP contribution is -2.30. The number of methoxy groups -OCH3 is 1. The van der Waals surface area contributed by atoms with Crippen LogP contribution in [0.5, 0.6) is 11.5 Å². The summed E-state index contributed by atoms with van der Waals surface area (Å²) in [6, 6.07) is 15.7. The third-order valence-electron chi connectivity index (χ3n) is 5.59. The van der Waals surface area contributed by atoms with Crippen molar-refractivity contribution in [3.63, 3.8) is 0 Å². The Morgan fingerprint density at radius 3 is 2.66 bits per heavy atom. The minimum Gasteiger partial charge on any atom is -0.497 e. The number of benzene rings is 3. The number of carbonyl (C=O) groups is 1. The van der Waals surface area contributed by atoms with Crippen LogP contribution < -0.4 is 14.4 Å². The van der Waals surface area contributed by atoms with Gasteiger partial charge in [0.1, 0.15) is 17.3 Å². The molecule has 0 fully saturated rings. The van der Waals surface area contributed by atoms with Crippen molar-refractivity contribution in [1.82, 2.24) is 0 Å². The fourth-order valence-corrected chi connectivity index (χ4v) is 4.07. The van der Waals surface area contributed by atoms with Gasteiger partial charge in [0.25, 0.3) is 5.91 Å². The Morgan fingerprint density at radius 1 is 1.12 bits per heavy atom. The second kappa shape index (κ2) is 7.97. The SMILES string of the molecule is COc1ccc(-c2ccc3c(c2)N(Cc2cc(F)cc4c2OCOC4)C(=O)/C3=N\O)cc1. The van der Waals surface area contributed by atoms with Crippen molar-refractivity contribution in [3.8, 4) is 22.6 Å². The van der Waals surface area contributed by atoms with Crippen molar-refractivity contribution >= 4 is 17.3 Å². The molecule has 0 radical (unpaired) electrons. The molecule has 162 valence electrons. The molecule has 0 aromatic heterocycles. The summed E-state index contributed by atoms with van der Waals surface area (Å²) >= 11 is 0. The van der Waals surface area contributed by atoms with Gasteiger partial charge in [0, 0.05) is 16.7 Å². The number of anilines is 1. The van der Waals surface area contributed by atoms with Crippen LogP contribution in [0.4, 0.5) is 10.1 Å². The van der Waals surface area contributed by atoms with Crippen LogP contribution in [0.3, 0.4) is 0 Å². The first kappa shape index (κ1) is 20.0. The Bertz CT molecular complexity index is 1240. The van der Waals surface area contributed by atoms with Gasteiger partial charge < -0.3 is 24.3 Å². The van der Waals surface area contributed by atoms with E-state index < -0.39 is 11.7 Å². The molecule has 0 saturated carbocycles. The minimum absolute atomic E-state index is 0.0526. The number of carbonyl (C=O) groups excluding carboxylic acids is 1. The van der Waals surface area contributed by atoms with E-state index in [0.717, 1.165) is 16.9 Å². The van der Waals surface area contributed by atoms with Crippen LogP contribution in [-0.2, 0) is 22.7 Å². The average molecular weight is 434 g/mol. The van der Waals surface area contributed by atoms with E-state index in [0.29, 0.717) is 28.1 Å². The predicted octanol–water partition coefficient (Wildman–Crippen LogP) is 4.09. The second-order valence-electron chi connectivity index (χ2n) is 7.46. The number of hydrogen-bond donors (Lipinski definition) is 1. The van der Waals surface area contributed by atoms with Crippen LogP contribution in [0.1, 0.15) is 16.7 Å². The molecule has 32 heavy (non-hydrogen) atoms. The standard InChI is InChI=1S/C24H19FN2O5/c1-30-19-5-2-14(3-6-19)15-4-7-20-21(10-15)27(24(28)22(20)26-29)11-16-8-18(25)9-17-12-31-13-32-23(16)17/h2-10,29H,11-13H2,1H3/b26-22-. The zero-order valence-corrected chi connectivity index (χ0v) is 17.2. The van der Waals surface area contributed by atoms with Crippen molar-refractivity contribution in [1.29, 1.82) is 0 Å². The third-order valence-corrected chi connectivity index (χ3v) is 5.59. The third kappa shape index (κ3) is 3.34. The van der Waals surface area contributed by atoms with Crippen LogP contribution in [0.15, 0.2) is 59.8 Å². The molecule has 1 amide bonds. The van der Waals surface area contributed by atoms with Crippen molar-refractivity contribution in [2.24, 2.45) is 5.16 Å². The number of hydrogen-bond acceptors (Lipinski definition) is 6. The van der Waals surface area contributed by atoms with Crippen LogP contribution in [0.25, 0.3) is 11.1 Å². The summed E-state index contributed by atoms with van der Waals surface area (Å²) in [4.78, 5) is 14.5. The smallest absolute Gasteiger partial charge is 0.281 e. The Kier molecular flexibility index (Phi) is 4.99. The summed E-state index contributed by atoms with van der Waals surface area (Å²) in [7, 11) is 1.60. The first-order valence-electron chi connectivity index (χ1n) is 9.93. The van der Waals surface area contributed by atoms with Gasteiger partial charge in [0.05, 0.1) is 25.9 Å². The molecule has 0 unspecified atom stereocenters. The molecule has 0 saturated heterocycles. The molecule has 7 nitrogen and oxygen atoms in total. The highest BCUT2D eigenvalue weighted by atomic mass is 19.1. The number of rotatable bonds is 4. The molecule has 2 heterocycles. The number of halogens is 1. The molecule has 0 spiro atoms. The second-order valence-corrected chi connectivity index (χ2v) is 7.46. The lowest BCUT2D eigenvalue weighted by molar-refractivity contribution is -0.112. The number of oxime groups is 1. The highest BCUT2D eigenvalue weighted by Gasteiger charge is 2.36. The highest BCUT2D eigenvalue weighted by molar-refractivity contribution is 6.54. The summed E-state index contributed by atoms with van der Waals surface area (Å²) in [5, 5.41) is 12.7. The lowest BCUT2D eigenvalue weighted by Gasteiger charge is -2.24. The minimum atomic E-state index is -0.473. The topological polar surface area (TPSA) is 80.6 Å². The lowest BCUT2D eigenvalue weighted by atomic mass is 10.0. The Balaban J connectivity index is 1.56. The molecule has 2 aliphatic rings.